The van der Waals surface area contributed by atoms with Crippen molar-refractivity contribution in [3.05, 3.63) is 23.9 Å². The summed E-state index contributed by atoms with van der Waals surface area (Å²) in [6.45, 7) is 1.77. The number of aromatic amines is 1. The third-order valence-electron chi connectivity index (χ3n) is 2.27. The number of benzene rings is 1. The highest BCUT2D eigenvalue weighted by molar-refractivity contribution is 5.84. The molecule has 0 aliphatic rings. The van der Waals surface area contributed by atoms with E-state index in [4.69, 9.17) is 0 Å². The van der Waals surface area contributed by atoms with Crippen molar-refractivity contribution in [1.82, 2.24) is 10.2 Å². The largest absolute Gasteiger partial charge is 0.573 e. The first kappa shape index (κ1) is 10.8. The van der Waals surface area contributed by atoms with Crippen molar-refractivity contribution in [3.63, 3.8) is 0 Å². The van der Waals surface area contributed by atoms with Crippen LogP contribution in [0.5, 0.6) is 5.75 Å². The molecular weight excluding hydrogens is 221 g/mol. The number of hydrogen-bond acceptors (Lipinski definition) is 2. The Kier molecular flexibility index (Phi) is 2.49. The van der Waals surface area contributed by atoms with E-state index in [0.29, 0.717) is 22.9 Å². The third kappa shape index (κ3) is 1.95. The molecule has 1 aromatic carbocycles. The molecule has 0 amide bonds. The normalized spacial score (nSPS) is 12.0. The van der Waals surface area contributed by atoms with Gasteiger partial charge in [0.1, 0.15) is 5.75 Å². The fourth-order valence-corrected chi connectivity index (χ4v) is 1.64. The molecule has 1 N–H and O–H groups in total. The van der Waals surface area contributed by atoms with Crippen LogP contribution in [-0.4, -0.2) is 16.6 Å². The molecule has 1 aromatic heterocycles. The van der Waals surface area contributed by atoms with Gasteiger partial charge in [0.25, 0.3) is 0 Å². The lowest BCUT2D eigenvalue weighted by atomic mass is 10.1. The second-order valence-electron chi connectivity index (χ2n) is 3.27. The summed E-state index contributed by atoms with van der Waals surface area (Å²) in [7, 11) is 0. The van der Waals surface area contributed by atoms with E-state index in [2.05, 4.69) is 14.9 Å². The molecule has 0 unspecified atom stereocenters. The van der Waals surface area contributed by atoms with Crippen molar-refractivity contribution in [2.45, 2.75) is 19.7 Å². The Morgan fingerprint density at radius 2 is 2.12 bits per heavy atom. The van der Waals surface area contributed by atoms with E-state index in [1.54, 1.807) is 6.92 Å². The number of rotatable bonds is 2. The van der Waals surface area contributed by atoms with Crippen molar-refractivity contribution in [2.24, 2.45) is 0 Å². The van der Waals surface area contributed by atoms with Crippen LogP contribution in [0.25, 0.3) is 10.9 Å². The molecule has 0 spiro atoms. The smallest absolute Gasteiger partial charge is 0.405 e. The highest BCUT2D eigenvalue weighted by atomic mass is 19.4. The monoisotopic (exact) mass is 230 g/mol. The topological polar surface area (TPSA) is 37.9 Å². The molecule has 3 nitrogen and oxygen atoms in total. The standard InChI is InChI=1S/C10H9F3N2O/c1-2-6-7-5-14-15-8(7)3-4-9(6)16-10(11,12)13/h3-5H,2H2,1H3,(H,14,15). The molecule has 0 bridgehead atoms. The Bertz CT molecular complexity index is 504. The van der Waals surface area contributed by atoms with E-state index >= 15 is 0 Å². The molecule has 86 valence electrons. The SMILES string of the molecule is CCc1c(OC(F)(F)F)ccc2[nH]ncc12. The summed E-state index contributed by atoms with van der Waals surface area (Å²) >= 11 is 0. The Morgan fingerprint density at radius 1 is 1.38 bits per heavy atom. The third-order valence-corrected chi connectivity index (χ3v) is 2.27. The summed E-state index contributed by atoms with van der Waals surface area (Å²) in [4.78, 5) is 0. The number of ether oxygens (including phenoxy) is 1. The predicted octanol–water partition coefficient (Wildman–Crippen LogP) is 3.02. The van der Waals surface area contributed by atoms with E-state index in [0.717, 1.165) is 0 Å². The number of hydrogen-bond donors (Lipinski definition) is 1. The van der Waals surface area contributed by atoms with Crippen molar-refractivity contribution in [2.75, 3.05) is 0 Å². The molecule has 0 aliphatic heterocycles. The first-order chi connectivity index (χ1) is 7.51. The van der Waals surface area contributed by atoms with Gasteiger partial charge in [-0.3, -0.25) is 5.10 Å². The lowest BCUT2D eigenvalue weighted by Gasteiger charge is -2.12. The highest BCUT2D eigenvalue weighted by Gasteiger charge is 2.32. The average Bonchev–Trinajstić information content (AvgIpc) is 2.62. The molecule has 16 heavy (non-hydrogen) atoms. The summed E-state index contributed by atoms with van der Waals surface area (Å²) in [6, 6.07) is 2.81. The average molecular weight is 230 g/mol. The minimum atomic E-state index is -4.67. The van der Waals surface area contributed by atoms with Crippen molar-refractivity contribution in [1.29, 1.82) is 0 Å². The fourth-order valence-electron chi connectivity index (χ4n) is 1.64. The number of aromatic nitrogens is 2. The van der Waals surface area contributed by atoms with Crippen molar-refractivity contribution >= 4 is 10.9 Å². The summed E-state index contributed by atoms with van der Waals surface area (Å²) in [5.74, 6) is -0.163. The van der Waals surface area contributed by atoms with E-state index in [-0.39, 0.29) is 5.75 Å². The maximum atomic E-state index is 12.1. The summed E-state index contributed by atoms with van der Waals surface area (Å²) in [5, 5.41) is 7.14. The maximum Gasteiger partial charge on any atom is 0.573 e. The molecule has 2 rings (SSSR count). The van der Waals surface area contributed by atoms with E-state index in [1.165, 1.54) is 18.3 Å². The number of fused-ring (bicyclic) bond motifs is 1. The lowest BCUT2D eigenvalue weighted by molar-refractivity contribution is -0.274. The van der Waals surface area contributed by atoms with E-state index in [9.17, 15) is 13.2 Å². The molecule has 0 radical (unpaired) electrons. The summed E-state index contributed by atoms with van der Waals surface area (Å²) in [5.41, 5.74) is 1.20. The first-order valence-corrected chi connectivity index (χ1v) is 4.72. The zero-order valence-corrected chi connectivity index (χ0v) is 8.43. The Labute approximate surface area is 89.2 Å². The van der Waals surface area contributed by atoms with Gasteiger partial charge in [-0.05, 0) is 18.6 Å². The molecule has 0 saturated heterocycles. The van der Waals surface area contributed by atoms with E-state index in [1.807, 2.05) is 0 Å². The van der Waals surface area contributed by atoms with Gasteiger partial charge >= 0.3 is 6.36 Å². The number of halogens is 3. The van der Waals surface area contributed by atoms with Crippen LogP contribution in [0.15, 0.2) is 18.3 Å². The number of nitrogens with zero attached hydrogens (tertiary/aromatic N) is 1. The van der Waals surface area contributed by atoms with Crippen LogP contribution < -0.4 is 4.74 Å². The zero-order chi connectivity index (χ0) is 11.8. The van der Waals surface area contributed by atoms with Crippen LogP contribution >= 0.6 is 0 Å². The van der Waals surface area contributed by atoms with Gasteiger partial charge in [0.05, 0.1) is 11.7 Å². The molecular formula is C10H9F3N2O. The van der Waals surface area contributed by atoms with Crippen LogP contribution in [0.2, 0.25) is 0 Å². The summed E-state index contributed by atoms with van der Waals surface area (Å²) in [6.07, 6.45) is -2.72. The van der Waals surface area contributed by atoms with Crippen LogP contribution in [0, 0.1) is 0 Å². The van der Waals surface area contributed by atoms with Gasteiger partial charge in [-0.1, -0.05) is 6.92 Å². The van der Waals surface area contributed by atoms with Gasteiger partial charge in [0.2, 0.25) is 0 Å². The molecule has 0 atom stereocenters. The fraction of sp³-hybridized carbons (Fsp3) is 0.300. The summed E-state index contributed by atoms with van der Waals surface area (Å²) < 4.78 is 40.4. The molecule has 0 aliphatic carbocycles. The van der Waals surface area contributed by atoms with Crippen LogP contribution in [-0.2, 0) is 6.42 Å². The van der Waals surface area contributed by atoms with Gasteiger partial charge in [0.15, 0.2) is 0 Å². The number of aryl methyl sites for hydroxylation is 1. The van der Waals surface area contributed by atoms with E-state index < -0.39 is 6.36 Å². The molecule has 6 heteroatoms. The molecule has 1 heterocycles. The van der Waals surface area contributed by atoms with Gasteiger partial charge in [0, 0.05) is 10.9 Å². The first-order valence-electron chi connectivity index (χ1n) is 4.72. The van der Waals surface area contributed by atoms with Crippen molar-refractivity contribution < 1.29 is 17.9 Å². The molecule has 0 fully saturated rings. The predicted molar refractivity (Wildman–Crippen MR) is 52.2 cm³/mol. The van der Waals surface area contributed by atoms with Crippen LogP contribution in [0.1, 0.15) is 12.5 Å². The van der Waals surface area contributed by atoms with Crippen molar-refractivity contribution in [3.8, 4) is 5.75 Å². The van der Waals surface area contributed by atoms with Gasteiger partial charge in [-0.15, -0.1) is 13.2 Å². The highest BCUT2D eigenvalue weighted by Crippen LogP contribution is 2.31. The molecule has 2 aromatic rings. The second-order valence-corrected chi connectivity index (χ2v) is 3.27. The Morgan fingerprint density at radius 3 is 2.75 bits per heavy atom. The zero-order valence-electron chi connectivity index (χ0n) is 8.43. The minimum absolute atomic E-state index is 0.163. The number of alkyl halides is 3. The van der Waals surface area contributed by atoms with Gasteiger partial charge < -0.3 is 4.74 Å². The Hall–Kier alpha value is -1.72. The number of nitrogens with one attached hydrogen (secondary N) is 1. The molecule has 0 saturated carbocycles. The number of H-pyrrole nitrogens is 1. The minimum Gasteiger partial charge on any atom is -0.405 e. The quantitative estimate of drug-likeness (QED) is 0.861. The van der Waals surface area contributed by atoms with Crippen LogP contribution in [0.3, 0.4) is 0 Å². The second kappa shape index (κ2) is 3.70. The maximum absolute atomic E-state index is 12.1. The lowest BCUT2D eigenvalue weighted by Crippen LogP contribution is -2.18. The van der Waals surface area contributed by atoms with Gasteiger partial charge in [-0.25, -0.2) is 0 Å². The van der Waals surface area contributed by atoms with Gasteiger partial charge in [-0.2, -0.15) is 5.10 Å². The van der Waals surface area contributed by atoms with Crippen LogP contribution in [0.4, 0.5) is 13.2 Å². The Balaban J connectivity index is 2.52.